The number of aromatic nitrogens is 1. The number of amides is 2. The molecule has 0 aliphatic rings. The molecule has 2 aromatic rings. The van der Waals surface area contributed by atoms with Gasteiger partial charge in [0.05, 0.1) is 11.1 Å². The van der Waals surface area contributed by atoms with Gasteiger partial charge in [-0.2, -0.15) is 0 Å². The normalized spacial score (nSPS) is 11.9. The molecule has 0 radical (unpaired) electrons. The molecule has 0 bridgehead atoms. The zero-order chi connectivity index (χ0) is 18.8. The first-order valence-corrected chi connectivity index (χ1v) is 8.16. The largest absolute Gasteiger partial charge is 0.439 e. The molecule has 0 saturated heterocycles. The van der Waals surface area contributed by atoms with Crippen LogP contribution in [0, 0.1) is 0 Å². The maximum Gasteiger partial charge on any atom is 0.408 e. The van der Waals surface area contributed by atoms with Crippen molar-refractivity contribution in [2.24, 2.45) is 0 Å². The monoisotopic (exact) mass is 343 g/mol. The van der Waals surface area contributed by atoms with E-state index in [0.717, 1.165) is 5.56 Å². The Bertz CT molecular complexity index is 807. The van der Waals surface area contributed by atoms with Gasteiger partial charge in [0.25, 0.3) is 5.91 Å². The molecule has 0 saturated carbocycles. The summed E-state index contributed by atoms with van der Waals surface area (Å²) >= 11 is 0. The lowest BCUT2D eigenvalue weighted by molar-refractivity contribution is 0.0331. The highest BCUT2D eigenvalue weighted by Crippen LogP contribution is 2.31. The van der Waals surface area contributed by atoms with Crippen LogP contribution in [0.3, 0.4) is 0 Å². The molecule has 0 spiro atoms. The zero-order valence-corrected chi connectivity index (χ0v) is 15.6. The van der Waals surface area contributed by atoms with Gasteiger partial charge in [0, 0.05) is 29.7 Å². The minimum absolute atomic E-state index is 0.186. The summed E-state index contributed by atoms with van der Waals surface area (Å²) in [6.45, 7) is 9.26. The van der Waals surface area contributed by atoms with Crippen LogP contribution in [0.25, 0.3) is 10.9 Å². The van der Waals surface area contributed by atoms with E-state index in [1.54, 1.807) is 33.2 Å². The third-order valence-corrected chi connectivity index (χ3v) is 3.72. The van der Waals surface area contributed by atoms with Gasteiger partial charge in [-0.05, 0) is 40.7 Å². The Hall–Kier alpha value is -2.63. The number of benzene rings is 1. The van der Waals surface area contributed by atoms with Crippen LogP contribution in [0.1, 0.15) is 50.5 Å². The lowest BCUT2D eigenvalue weighted by Crippen LogP contribution is -2.43. The van der Waals surface area contributed by atoms with E-state index in [0.29, 0.717) is 16.5 Å². The molecule has 2 amide bonds. The molecule has 25 heavy (non-hydrogen) atoms. The number of fused-ring (bicyclic) bond motifs is 1. The summed E-state index contributed by atoms with van der Waals surface area (Å²) in [6.07, 6.45) is 1.08. The number of carbonyl (C=O) groups is 2. The quantitative estimate of drug-likeness (QED) is 0.895. The molecule has 0 atom stereocenters. The summed E-state index contributed by atoms with van der Waals surface area (Å²) in [6, 6.07) is 7.19. The van der Waals surface area contributed by atoms with Gasteiger partial charge in [0.1, 0.15) is 5.60 Å². The van der Waals surface area contributed by atoms with Crippen LogP contribution in [0.4, 0.5) is 4.79 Å². The number of pyridine rings is 1. The topological polar surface area (TPSA) is 80.3 Å². The van der Waals surface area contributed by atoms with Crippen LogP contribution in [-0.2, 0) is 10.3 Å². The molecule has 2 rings (SSSR count). The summed E-state index contributed by atoms with van der Waals surface area (Å²) in [4.78, 5) is 28.7. The van der Waals surface area contributed by atoms with Gasteiger partial charge in [0.2, 0.25) is 0 Å². The third-order valence-electron chi connectivity index (χ3n) is 3.72. The highest BCUT2D eigenvalue weighted by atomic mass is 16.6. The van der Waals surface area contributed by atoms with E-state index in [1.807, 2.05) is 39.0 Å². The molecule has 1 aromatic carbocycles. The first-order valence-electron chi connectivity index (χ1n) is 8.16. The number of nitrogens with one attached hydrogen (secondary N) is 2. The predicted molar refractivity (Wildman–Crippen MR) is 97.5 cm³/mol. The first-order chi connectivity index (χ1) is 11.5. The van der Waals surface area contributed by atoms with Crippen LogP contribution >= 0.6 is 0 Å². The maximum atomic E-state index is 12.2. The Kier molecular flexibility index (Phi) is 5.02. The van der Waals surface area contributed by atoms with E-state index < -0.39 is 17.2 Å². The number of carbonyl (C=O) groups excluding carboxylic acids is 2. The fraction of sp³-hybridized carbons (Fsp3) is 0.421. The van der Waals surface area contributed by atoms with E-state index in [1.165, 1.54) is 0 Å². The highest BCUT2D eigenvalue weighted by Gasteiger charge is 2.30. The predicted octanol–water partition coefficient (Wildman–Crippen LogP) is 3.35. The van der Waals surface area contributed by atoms with Crippen molar-refractivity contribution in [3.63, 3.8) is 0 Å². The molecule has 0 aliphatic carbocycles. The summed E-state index contributed by atoms with van der Waals surface area (Å²) in [5, 5.41) is 6.13. The maximum absolute atomic E-state index is 12.2. The van der Waals surface area contributed by atoms with Crippen molar-refractivity contribution >= 4 is 22.9 Å². The van der Waals surface area contributed by atoms with Crippen LogP contribution in [0.2, 0.25) is 0 Å². The Morgan fingerprint density at radius 2 is 1.76 bits per heavy atom. The molecule has 134 valence electrons. The van der Waals surface area contributed by atoms with Crippen molar-refractivity contribution < 1.29 is 14.3 Å². The smallest absolute Gasteiger partial charge is 0.408 e. The fourth-order valence-electron chi connectivity index (χ4n) is 2.61. The van der Waals surface area contributed by atoms with E-state index in [-0.39, 0.29) is 5.91 Å². The van der Waals surface area contributed by atoms with Crippen molar-refractivity contribution in [2.45, 2.75) is 45.8 Å². The van der Waals surface area contributed by atoms with Crippen LogP contribution in [0.15, 0.2) is 30.5 Å². The van der Waals surface area contributed by atoms with Crippen LogP contribution in [0.5, 0.6) is 0 Å². The molecule has 1 aromatic heterocycles. The number of alkyl carbamates (subject to hydrolysis) is 1. The molecular weight excluding hydrogens is 318 g/mol. The zero-order valence-electron chi connectivity index (χ0n) is 15.6. The number of rotatable bonds is 3. The van der Waals surface area contributed by atoms with E-state index in [9.17, 15) is 9.59 Å². The Balaban J connectivity index is 2.46. The van der Waals surface area contributed by atoms with Crippen molar-refractivity contribution in [3.8, 4) is 0 Å². The Morgan fingerprint density at radius 1 is 1.08 bits per heavy atom. The standard InChI is InChI=1S/C19H25N3O3/c1-18(2,3)22-17(24)25-19(4,5)14-9-7-8-12-13(16(23)20-6)10-11-21-15(12)14/h7-11H,1-6H3,(H,20,23)(H,22,24). The van der Waals surface area contributed by atoms with Gasteiger partial charge in [-0.25, -0.2) is 4.79 Å². The molecule has 0 aliphatic heterocycles. The van der Waals surface area contributed by atoms with Crippen molar-refractivity contribution in [1.82, 2.24) is 15.6 Å². The second kappa shape index (κ2) is 6.70. The average molecular weight is 343 g/mol. The van der Waals surface area contributed by atoms with Crippen LogP contribution < -0.4 is 10.6 Å². The summed E-state index contributed by atoms with van der Waals surface area (Å²) in [5.74, 6) is -0.186. The van der Waals surface area contributed by atoms with Gasteiger partial charge >= 0.3 is 6.09 Å². The lowest BCUT2D eigenvalue weighted by Gasteiger charge is -2.29. The SMILES string of the molecule is CNC(=O)c1ccnc2c(C(C)(C)OC(=O)NC(C)(C)C)cccc12. The van der Waals surface area contributed by atoms with Gasteiger partial charge in [-0.1, -0.05) is 18.2 Å². The third kappa shape index (κ3) is 4.26. The summed E-state index contributed by atoms with van der Waals surface area (Å²) in [5.41, 5.74) is 0.598. The molecule has 0 fully saturated rings. The highest BCUT2D eigenvalue weighted by molar-refractivity contribution is 6.06. The number of hydrogen-bond acceptors (Lipinski definition) is 4. The second-order valence-corrected chi connectivity index (χ2v) is 7.41. The Labute approximate surface area is 148 Å². The minimum Gasteiger partial charge on any atom is -0.439 e. The second-order valence-electron chi connectivity index (χ2n) is 7.41. The number of hydrogen-bond donors (Lipinski definition) is 2. The molecule has 6 heteroatoms. The molecule has 1 heterocycles. The molecular formula is C19H25N3O3. The van der Waals surface area contributed by atoms with Gasteiger partial charge in [-0.3, -0.25) is 9.78 Å². The van der Waals surface area contributed by atoms with Gasteiger partial charge in [-0.15, -0.1) is 0 Å². The summed E-state index contributed by atoms with van der Waals surface area (Å²) in [7, 11) is 1.59. The Morgan fingerprint density at radius 3 is 2.36 bits per heavy atom. The average Bonchev–Trinajstić information content (AvgIpc) is 2.50. The number of ether oxygens (including phenoxy) is 1. The van der Waals surface area contributed by atoms with E-state index in [4.69, 9.17) is 4.74 Å². The van der Waals surface area contributed by atoms with Crippen molar-refractivity contribution in [1.29, 1.82) is 0 Å². The van der Waals surface area contributed by atoms with Gasteiger partial charge < -0.3 is 15.4 Å². The molecule has 2 N–H and O–H groups in total. The first kappa shape index (κ1) is 18.7. The van der Waals surface area contributed by atoms with Crippen molar-refractivity contribution in [2.75, 3.05) is 7.05 Å². The summed E-state index contributed by atoms with van der Waals surface area (Å²) < 4.78 is 5.64. The number of nitrogens with zero attached hydrogens (tertiary/aromatic N) is 1. The van der Waals surface area contributed by atoms with Gasteiger partial charge in [0.15, 0.2) is 0 Å². The number of para-hydroxylation sites is 1. The lowest BCUT2D eigenvalue weighted by atomic mass is 9.93. The minimum atomic E-state index is -0.914. The fourth-order valence-corrected chi connectivity index (χ4v) is 2.61. The molecule has 0 unspecified atom stereocenters. The van der Waals surface area contributed by atoms with Crippen molar-refractivity contribution in [3.05, 3.63) is 41.6 Å². The van der Waals surface area contributed by atoms with E-state index >= 15 is 0 Å². The van der Waals surface area contributed by atoms with E-state index in [2.05, 4.69) is 15.6 Å². The molecule has 6 nitrogen and oxygen atoms in total. The van der Waals surface area contributed by atoms with Crippen LogP contribution in [-0.4, -0.2) is 29.6 Å².